The zero-order valence-corrected chi connectivity index (χ0v) is 11.3. The molecule has 0 aliphatic heterocycles. The molecule has 3 aromatic rings. The molecule has 0 radical (unpaired) electrons. The third kappa shape index (κ3) is 2.68. The minimum atomic E-state index is -0.524. The second-order valence-corrected chi connectivity index (χ2v) is 5.01. The van der Waals surface area contributed by atoms with Crippen LogP contribution in [0.15, 0.2) is 54.9 Å². The van der Waals surface area contributed by atoms with Gasteiger partial charge in [0.25, 0.3) is 0 Å². The summed E-state index contributed by atoms with van der Waals surface area (Å²) >= 11 is 0. The van der Waals surface area contributed by atoms with Gasteiger partial charge in [0.05, 0.1) is 17.1 Å². The van der Waals surface area contributed by atoms with Gasteiger partial charge >= 0.3 is 0 Å². The molecule has 1 aromatic heterocycles. The number of nitrogens with zero attached hydrogens (tertiary/aromatic N) is 2. The van der Waals surface area contributed by atoms with E-state index in [9.17, 15) is 5.11 Å². The Morgan fingerprint density at radius 3 is 2.40 bits per heavy atom. The van der Waals surface area contributed by atoms with Gasteiger partial charge in [-0.25, -0.2) is 0 Å². The fraction of sp³-hybridized carbons (Fsp3) is 0.176. The van der Waals surface area contributed by atoms with Crippen molar-refractivity contribution in [2.75, 3.05) is 0 Å². The zero-order chi connectivity index (χ0) is 13.9. The van der Waals surface area contributed by atoms with E-state index in [4.69, 9.17) is 0 Å². The van der Waals surface area contributed by atoms with Gasteiger partial charge in [-0.2, -0.15) is 0 Å². The summed E-state index contributed by atoms with van der Waals surface area (Å²) in [6, 6.07) is 14.0. The number of hydrogen-bond donors (Lipinski definition) is 1. The van der Waals surface area contributed by atoms with Crippen molar-refractivity contribution in [2.24, 2.45) is 0 Å². The Kier molecular flexibility index (Phi) is 3.44. The molecule has 1 heterocycles. The maximum Gasteiger partial charge on any atom is 0.0890 e. The van der Waals surface area contributed by atoms with E-state index in [2.05, 4.69) is 41.2 Å². The number of aliphatic hydroxyl groups is 1. The maximum absolute atomic E-state index is 10.4. The highest BCUT2D eigenvalue weighted by Gasteiger charge is 2.09. The van der Waals surface area contributed by atoms with Crippen molar-refractivity contribution in [1.82, 2.24) is 9.97 Å². The molecule has 1 atom stereocenters. The van der Waals surface area contributed by atoms with Crippen molar-refractivity contribution < 1.29 is 5.11 Å². The first-order valence-corrected chi connectivity index (χ1v) is 6.67. The van der Waals surface area contributed by atoms with Gasteiger partial charge in [0.15, 0.2) is 0 Å². The summed E-state index contributed by atoms with van der Waals surface area (Å²) in [5, 5.41) is 10.4. The third-order valence-electron chi connectivity index (χ3n) is 3.43. The van der Waals surface area contributed by atoms with Gasteiger partial charge in [-0.3, -0.25) is 9.97 Å². The second-order valence-electron chi connectivity index (χ2n) is 5.01. The Balaban J connectivity index is 1.84. The molecule has 20 heavy (non-hydrogen) atoms. The minimum Gasteiger partial charge on any atom is -0.388 e. The van der Waals surface area contributed by atoms with Crippen molar-refractivity contribution in [3.63, 3.8) is 0 Å². The zero-order valence-electron chi connectivity index (χ0n) is 11.3. The van der Waals surface area contributed by atoms with Crippen LogP contribution in [0.1, 0.15) is 22.8 Å². The number of aromatic nitrogens is 2. The van der Waals surface area contributed by atoms with Gasteiger partial charge in [0, 0.05) is 18.8 Å². The van der Waals surface area contributed by atoms with Gasteiger partial charge < -0.3 is 5.11 Å². The summed E-state index contributed by atoms with van der Waals surface area (Å²) in [4.78, 5) is 8.50. The number of hydrogen-bond acceptors (Lipinski definition) is 3. The monoisotopic (exact) mass is 264 g/mol. The van der Waals surface area contributed by atoms with Crippen molar-refractivity contribution in [2.45, 2.75) is 19.4 Å². The fourth-order valence-electron chi connectivity index (χ4n) is 2.25. The second kappa shape index (κ2) is 5.39. The Morgan fingerprint density at radius 1 is 0.950 bits per heavy atom. The normalized spacial score (nSPS) is 12.5. The van der Waals surface area contributed by atoms with Crippen LogP contribution >= 0.6 is 0 Å². The smallest absolute Gasteiger partial charge is 0.0890 e. The summed E-state index contributed by atoms with van der Waals surface area (Å²) in [6.07, 6.45) is 3.42. The average Bonchev–Trinajstić information content (AvgIpc) is 2.49. The summed E-state index contributed by atoms with van der Waals surface area (Å²) < 4.78 is 0. The molecule has 0 aliphatic carbocycles. The van der Waals surface area contributed by atoms with Crippen molar-refractivity contribution in [3.05, 3.63) is 71.5 Å². The first-order valence-electron chi connectivity index (χ1n) is 6.67. The highest BCUT2D eigenvalue weighted by molar-refractivity contribution is 5.74. The molecule has 2 aromatic carbocycles. The van der Waals surface area contributed by atoms with Crippen LogP contribution in [0.3, 0.4) is 0 Å². The number of aliphatic hydroxyl groups excluding tert-OH is 1. The van der Waals surface area contributed by atoms with Crippen molar-refractivity contribution in [3.8, 4) is 0 Å². The van der Waals surface area contributed by atoms with Crippen LogP contribution in [0.5, 0.6) is 0 Å². The first kappa shape index (κ1) is 12.8. The molecular formula is C17H16N2O. The Bertz CT molecular complexity index is 722. The van der Waals surface area contributed by atoms with Crippen molar-refractivity contribution in [1.29, 1.82) is 0 Å². The minimum absolute atomic E-state index is 0.524. The lowest BCUT2D eigenvalue weighted by Gasteiger charge is -2.12. The first-order chi connectivity index (χ1) is 9.72. The molecule has 0 bridgehead atoms. The highest BCUT2D eigenvalue weighted by atomic mass is 16.3. The van der Waals surface area contributed by atoms with E-state index >= 15 is 0 Å². The Morgan fingerprint density at radius 2 is 1.65 bits per heavy atom. The van der Waals surface area contributed by atoms with E-state index in [1.807, 2.05) is 18.2 Å². The lowest BCUT2D eigenvalue weighted by atomic mass is 10.0. The number of benzene rings is 2. The van der Waals surface area contributed by atoms with Crippen LogP contribution in [0, 0.1) is 6.92 Å². The summed E-state index contributed by atoms with van der Waals surface area (Å²) in [6.45, 7) is 2.06. The Hall–Kier alpha value is -2.26. The molecule has 1 N–H and O–H groups in total. The quantitative estimate of drug-likeness (QED) is 0.790. The lowest BCUT2D eigenvalue weighted by Crippen LogP contribution is -2.02. The SMILES string of the molecule is Cc1ccc(CC(O)c2ccc3nccnc3c2)cc1. The van der Waals surface area contributed by atoms with Crippen LogP contribution in [-0.4, -0.2) is 15.1 Å². The van der Waals surface area contributed by atoms with E-state index in [-0.39, 0.29) is 0 Å². The third-order valence-corrected chi connectivity index (χ3v) is 3.43. The van der Waals surface area contributed by atoms with Crippen LogP contribution in [-0.2, 0) is 6.42 Å². The van der Waals surface area contributed by atoms with Gasteiger partial charge in [0.1, 0.15) is 0 Å². The molecule has 3 rings (SSSR count). The van der Waals surface area contributed by atoms with E-state index in [1.54, 1.807) is 12.4 Å². The van der Waals surface area contributed by atoms with Gasteiger partial charge in [0.2, 0.25) is 0 Å². The molecule has 1 unspecified atom stereocenters. The van der Waals surface area contributed by atoms with Crippen LogP contribution in [0.2, 0.25) is 0 Å². The summed E-state index contributed by atoms with van der Waals surface area (Å²) in [5.41, 5.74) is 4.89. The lowest BCUT2D eigenvalue weighted by molar-refractivity contribution is 0.178. The molecule has 0 saturated heterocycles. The van der Waals surface area contributed by atoms with Gasteiger partial charge in [-0.05, 0) is 30.2 Å². The standard InChI is InChI=1S/C17H16N2O/c1-12-2-4-13(5-3-12)10-17(20)14-6-7-15-16(11-14)19-9-8-18-15/h2-9,11,17,20H,10H2,1H3. The summed E-state index contributed by atoms with van der Waals surface area (Å²) in [5.74, 6) is 0. The van der Waals surface area contributed by atoms with E-state index in [1.165, 1.54) is 5.56 Å². The molecule has 0 spiro atoms. The number of aryl methyl sites for hydroxylation is 1. The van der Waals surface area contributed by atoms with Crippen LogP contribution in [0.4, 0.5) is 0 Å². The van der Waals surface area contributed by atoms with Crippen LogP contribution in [0.25, 0.3) is 11.0 Å². The summed E-state index contributed by atoms with van der Waals surface area (Å²) in [7, 11) is 0. The molecule has 0 amide bonds. The van der Waals surface area contributed by atoms with Gasteiger partial charge in [-0.15, -0.1) is 0 Å². The van der Waals surface area contributed by atoms with E-state index < -0.39 is 6.10 Å². The predicted octanol–water partition coefficient (Wildman–Crippen LogP) is 3.21. The van der Waals surface area contributed by atoms with Crippen LogP contribution < -0.4 is 0 Å². The highest BCUT2D eigenvalue weighted by Crippen LogP contribution is 2.21. The molecule has 3 heteroatoms. The largest absolute Gasteiger partial charge is 0.388 e. The molecular weight excluding hydrogens is 248 g/mol. The van der Waals surface area contributed by atoms with Gasteiger partial charge in [-0.1, -0.05) is 35.9 Å². The van der Waals surface area contributed by atoms with E-state index in [0.717, 1.165) is 22.2 Å². The maximum atomic E-state index is 10.4. The molecule has 100 valence electrons. The molecule has 0 aliphatic rings. The molecule has 0 saturated carbocycles. The van der Waals surface area contributed by atoms with Crippen molar-refractivity contribution >= 4 is 11.0 Å². The Labute approximate surface area is 117 Å². The molecule has 3 nitrogen and oxygen atoms in total. The number of rotatable bonds is 3. The molecule has 0 fully saturated rings. The number of fused-ring (bicyclic) bond motifs is 1. The van der Waals surface area contributed by atoms with E-state index in [0.29, 0.717) is 6.42 Å². The predicted molar refractivity (Wildman–Crippen MR) is 79.4 cm³/mol. The topological polar surface area (TPSA) is 46.0 Å². The average molecular weight is 264 g/mol. The fourth-order valence-corrected chi connectivity index (χ4v) is 2.25.